The number of rotatable bonds is 9. The minimum absolute atomic E-state index is 0.582. The average Bonchev–Trinajstić information content (AvgIpc) is 3.06. The van der Waals surface area contributed by atoms with Crippen molar-refractivity contribution in [1.29, 1.82) is 0 Å². The van der Waals surface area contributed by atoms with E-state index in [2.05, 4.69) is 46.0 Å². The van der Waals surface area contributed by atoms with Crippen molar-refractivity contribution in [1.82, 2.24) is 25.5 Å². The zero-order valence-electron chi connectivity index (χ0n) is 15.1. The Balaban J connectivity index is 1.47. The number of thioether (sulfide) groups is 1. The molecule has 0 aliphatic carbocycles. The van der Waals surface area contributed by atoms with E-state index in [1.807, 2.05) is 37.4 Å². The van der Waals surface area contributed by atoms with E-state index in [1.54, 1.807) is 16.4 Å². The van der Waals surface area contributed by atoms with Crippen LogP contribution >= 0.6 is 11.8 Å². The molecule has 0 saturated heterocycles. The smallest absolute Gasteiger partial charge is 0.209 e. The van der Waals surface area contributed by atoms with Gasteiger partial charge in [-0.3, -0.25) is 0 Å². The first kappa shape index (κ1) is 18.4. The van der Waals surface area contributed by atoms with Crippen molar-refractivity contribution in [3.8, 4) is 5.75 Å². The van der Waals surface area contributed by atoms with Gasteiger partial charge in [-0.25, -0.2) is 4.68 Å². The Kier molecular flexibility index (Phi) is 6.62. The van der Waals surface area contributed by atoms with Crippen LogP contribution in [0.1, 0.15) is 16.7 Å². The van der Waals surface area contributed by atoms with E-state index in [4.69, 9.17) is 4.74 Å². The van der Waals surface area contributed by atoms with Crippen molar-refractivity contribution in [2.75, 3.05) is 12.3 Å². The number of nitrogens with one attached hydrogen (secondary N) is 1. The van der Waals surface area contributed by atoms with Gasteiger partial charge in [0.1, 0.15) is 12.4 Å². The number of benzene rings is 2. The topological polar surface area (TPSA) is 64.9 Å². The Morgan fingerprint density at radius 2 is 1.85 bits per heavy atom. The quantitative estimate of drug-likeness (QED) is 0.462. The Morgan fingerprint density at radius 1 is 1.08 bits per heavy atom. The van der Waals surface area contributed by atoms with Crippen LogP contribution in [0.3, 0.4) is 0 Å². The Hall–Kier alpha value is -2.38. The number of hydrogen-bond acceptors (Lipinski definition) is 6. The molecule has 0 radical (unpaired) electrons. The number of nitrogens with zero attached hydrogens (tertiary/aromatic N) is 4. The Labute approximate surface area is 158 Å². The van der Waals surface area contributed by atoms with Gasteiger partial charge in [-0.15, -0.1) is 5.10 Å². The molecule has 0 fully saturated rings. The number of ether oxygens (including phenoxy) is 1. The van der Waals surface area contributed by atoms with Gasteiger partial charge in [0.2, 0.25) is 5.16 Å². The van der Waals surface area contributed by atoms with Gasteiger partial charge < -0.3 is 10.1 Å². The largest absolute Gasteiger partial charge is 0.489 e. The van der Waals surface area contributed by atoms with Crippen molar-refractivity contribution < 1.29 is 4.74 Å². The molecule has 3 rings (SSSR count). The summed E-state index contributed by atoms with van der Waals surface area (Å²) in [7, 11) is 1.85. The van der Waals surface area contributed by atoms with Gasteiger partial charge in [0.25, 0.3) is 0 Å². The number of hydrogen-bond donors (Lipinski definition) is 1. The lowest BCUT2D eigenvalue weighted by Crippen LogP contribution is -2.17. The molecular weight excluding hydrogens is 346 g/mol. The van der Waals surface area contributed by atoms with Gasteiger partial charge in [-0.1, -0.05) is 54.2 Å². The van der Waals surface area contributed by atoms with E-state index in [0.29, 0.717) is 6.61 Å². The molecule has 0 unspecified atom stereocenters. The second-order valence-electron chi connectivity index (χ2n) is 5.93. The van der Waals surface area contributed by atoms with Crippen LogP contribution in [0.5, 0.6) is 5.75 Å². The summed E-state index contributed by atoms with van der Waals surface area (Å²) in [6.07, 6.45) is 0. The highest BCUT2D eigenvalue weighted by molar-refractivity contribution is 7.99. The van der Waals surface area contributed by atoms with Crippen LogP contribution < -0.4 is 10.1 Å². The fourth-order valence-corrected chi connectivity index (χ4v) is 3.25. The number of aryl methyl sites for hydroxylation is 2. The molecule has 1 N–H and O–H groups in total. The molecule has 1 heterocycles. The van der Waals surface area contributed by atoms with Gasteiger partial charge in [-0.2, -0.15) is 0 Å². The molecule has 3 aromatic rings. The summed E-state index contributed by atoms with van der Waals surface area (Å²) in [5.74, 6) is 1.83. The van der Waals surface area contributed by atoms with Crippen LogP contribution in [0.2, 0.25) is 0 Å². The third-order valence-corrected chi connectivity index (χ3v) is 5.04. The zero-order chi connectivity index (χ0) is 18.2. The summed E-state index contributed by atoms with van der Waals surface area (Å²) in [4.78, 5) is 0. The molecule has 0 atom stereocenters. The van der Waals surface area contributed by atoms with E-state index in [1.165, 1.54) is 11.1 Å². The highest BCUT2D eigenvalue weighted by Crippen LogP contribution is 2.20. The van der Waals surface area contributed by atoms with E-state index in [0.717, 1.165) is 35.3 Å². The molecule has 0 spiro atoms. The van der Waals surface area contributed by atoms with Crippen molar-refractivity contribution in [2.45, 2.75) is 25.2 Å². The lowest BCUT2D eigenvalue weighted by molar-refractivity contribution is 0.301. The first-order chi connectivity index (χ1) is 12.7. The molecule has 0 saturated carbocycles. The molecule has 6 nitrogen and oxygen atoms in total. The van der Waals surface area contributed by atoms with Crippen LogP contribution in [0.15, 0.2) is 53.7 Å². The lowest BCUT2D eigenvalue weighted by atomic mass is 10.1. The van der Waals surface area contributed by atoms with Crippen LogP contribution in [0.25, 0.3) is 0 Å². The van der Waals surface area contributed by atoms with Crippen LogP contribution in [0.4, 0.5) is 0 Å². The summed E-state index contributed by atoms with van der Waals surface area (Å²) in [5, 5.41) is 15.7. The molecule has 0 bridgehead atoms. The fourth-order valence-electron chi connectivity index (χ4n) is 2.50. The molecule has 7 heteroatoms. The molecule has 0 amide bonds. The van der Waals surface area contributed by atoms with Crippen molar-refractivity contribution in [3.05, 3.63) is 65.2 Å². The molecule has 0 aliphatic rings. The first-order valence-electron chi connectivity index (χ1n) is 8.55. The van der Waals surface area contributed by atoms with Gasteiger partial charge in [0, 0.05) is 31.5 Å². The van der Waals surface area contributed by atoms with E-state index < -0.39 is 0 Å². The predicted molar refractivity (Wildman–Crippen MR) is 103 cm³/mol. The Morgan fingerprint density at radius 3 is 2.62 bits per heavy atom. The molecule has 2 aromatic carbocycles. The van der Waals surface area contributed by atoms with Gasteiger partial charge in [0.15, 0.2) is 0 Å². The number of tetrazole rings is 1. The van der Waals surface area contributed by atoms with Crippen LogP contribution in [-0.2, 0) is 20.2 Å². The minimum Gasteiger partial charge on any atom is -0.489 e. The standard InChI is InChI=1S/C19H23N5OS/c1-15-7-3-4-9-17(15)14-25-18-10-6-5-8-16(18)13-20-11-12-26-19-21-22-23-24(19)2/h3-10,20H,11-14H2,1-2H3. The van der Waals surface area contributed by atoms with Crippen molar-refractivity contribution in [3.63, 3.8) is 0 Å². The maximum atomic E-state index is 6.06. The summed E-state index contributed by atoms with van der Waals surface area (Å²) in [6.45, 7) is 4.32. The average molecular weight is 369 g/mol. The number of aromatic nitrogens is 4. The van der Waals surface area contributed by atoms with Crippen molar-refractivity contribution in [2.24, 2.45) is 7.05 Å². The normalized spacial score (nSPS) is 10.8. The highest BCUT2D eigenvalue weighted by Gasteiger charge is 2.05. The maximum absolute atomic E-state index is 6.06. The fraction of sp³-hybridized carbons (Fsp3) is 0.316. The Bertz CT molecular complexity index is 836. The summed E-state index contributed by atoms with van der Waals surface area (Å²) in [6, 6.07) is 16.5. The maximum Gasteiger partial charge on any atom is 0.209 e. The van der Waals surface area contributed by atoms with Crippen molar-refractivity contribution >= 4 is 11.8 Å². The van der Waals surface area contributed by atoms with Gasteiger partial charge in [0.05, 0.1) is 0 Å². The third kappa shape index (κ3) is 5.06. The summed E-state index contributed by atoms with van der Waals surface area (Å²) >= 11 is 1.64. The highest BCUT2D eigenvalue weighted by atomic mass is 32.2. The van der Waals surface area contributed by atoms with Gasteiger partial charge >= 0.3 is 0 Å². The van der Waals surface area contributed by atoms with Crippen LogP contribution in [0, 0.1) is 6.92 Å². The monoisotopic (exact) mass is 369 g/mol. The molecule has 26 heavy (non-hydrogen) atoms. The minimum atomic E-state index is 0.582. The van der Waals surface area contributed by atoms with Gasteiger partial charge in [-0.05, 0) is 34.5 Å². The second kappa shape index (κ2) is 9.35. The molecule has 1 aromatic heterocycles. The van der Waals surface area contributed by atoms with Crippen LogP contribution in [-0.4, -0.2) is 32.5 Å². The lowest BCUT2D eigenvalue weighted by Gasteiger charge is -2.13. The summed E-state index contributed by atoms with van der Waals surface area (Å²) < 4.78 is 7.74. The number of para-hydroxylation sites is 1. The molecular formula is C19H23N5OS. The van der Waals surface area contributed by atoms with E-state index in [9.17, 15) is 0 Å². The molecule has 0 aliphatic heterocycles. The zero-order valence-corrected chi connectivity index (χ0v) is 15.9. The third-order valence-electron chi connectivity index (χ3n) is 4.02. The predicted octanol–water partition coefficient (Wildman–Crippen LogP) is 2.98. The van der Waals surface area contributed by atoms with E-state index >= 15 is 0 Å². The first-order valence-corrected chi connectivity index (χ1v) is 9.53. The summed E-state index contributed by atoms with van der Waals surface area (Å²) in [5.41, 5.74) is 3.62. The van der Waals surface area contributed by atoms with E-state index in [-0.39, 0.29) is 0 Å². The molecule has 136 valence electrons. The SMILES string of the molecule is Cc1ccccc1COc1ccccc1CNCCSc1nnnn1C. The second-order valence-corrected chi connectivity index (χ2v) is 7.00.